The summed E-state index contributed by atoms with van der Waals surface area (Å²) >= 11 is 0. The van der Waals surface area contributed by atoms with Gasteiger partial charge in [-0.3, -0.25) is 4.79 Å². The van der Waals surface area contributed by atoms with E-state index >= 15 is 4.39 Å². The molecule has 2 aliphatic heterocycles. The SMILES string of the molecule is COc1ccc(Cn2cc(C(=O)O)c(=O)c3cc(F)c(N4CC5CC4CN5C(=O)OC(C)(C)C)nc32)c(OC)c1. The molecule has 212 valence electrons. The number of hydrogen-bond donors (Lipinski definition) is 1. The minimum Gasteiger partial charge on any atom is -0.497 e. The molecule has 4 heterocycles. The van der Waals surface area contributed by atoms with Gasteiger partial charge in [-0.25, -0.2) is 19.0 Å². The summed E-state index contributed by atoms with van der Waals surface area (Å²) in [6.07, 6.45) is 1.44. The van der Waals surface area contributed by atoms with Crippen LogP contribution in [-0.4, -0.2) is 76.6 Å². The molecule has 2 atom stereocenters. The number of halogens is 1. The Bertz CT molecular complexity index is 1560. The first-order chi connectivity index (χ1) is 18.9. The maximum absolute atomic E-state index is 15.5. The topological polar surface area (TPSA) is 123 Å². The van der Waals surface area contributed by atoms with Crippen molar-refractivity contribution in [2.45, 2.75) is 51.4 Å². The molecule has 2 aromatic heterocycles. The largest absolute Gasteiger partial charge is 0.497 e. The molecule has 5 rings (SSSR count). The first-order valence-corrected chi connectivity index (χ1v) is 12.8. The number of methoxy groups -OCH3 is 2. The van der Waals surface area contributed by atoms with Crippen LogP contribution in [-0.2, 0) is 11.3 Å². The standard InChI is InChI=1S/C28H31FN4O7/c1-28(2,3)40-27(37)33-13-16-8-17(33)12-32(16)25-21(29)10-19-23(34)20(26(35)36)14-31(24(19)30-25)11-15-6-7-18(38-4)9-22(15)39-5/h6-7,9-10,14,16-17H,8,11-13H2,1-5H3,(H,35,36). The number of piperazine rings is 1. The van der Waals surface area contributed by atoms with Crippen LogP contribution in [0.25, 0.3) is 11.0 Å². The fraction of sp³-hybridized carbons (Fsp3) is 0.429. The highest BCUT2D eigenvalue weighted by atomic mass is 19.1. The Kier molecular flexibility index (Phi) is 6.80. The molecule has 2 bridgehead atoms. The van der Waals surface area contributed by atoms with E-state index in [2.05, 4.69) is 4.98 Å². The number of carbonyl (C=O) groups excluding carboxylic acids is 1. The number of nitrogens with zero attached hydrogens (tertiary/aromatic N) is 4. The van der Waals surface area contributed by atoms with E-state index in [0.717, 1.165) is 6.07 Å². The average Bonchev–Trinajstić information content (AvgIpc) is 3.50. The maximum atomic E-state index is 15.5. The minimum absolute atomic E-state index is 0.0433. The number of aromatic nitrogens is 2. The highest BCUT2D eigenvalue weighted by Crippen LogP contribution is 2.36. The molecule has 0 aliphatic carbocycles. The monoisotopic (exact) mass is 554 g/mol. The van der Waals surface area contributed by atoms with Crippen LogP contribution in [0.4, 0.5) is 15.0 Å². The van der Waals surface area contributed by atoms with Gasteiger partial charge in [-0.05, 0) is 45.4 Å². The molecule has 2 aliphatic rings. The zero-order valence-electron chi connectivity index (χ0n) is 22.9. The first-order valence-electron chi connectivity index (χ1n) is 12.8. The van der Waals surface area contributed by atoms with Gasteiger partial charge >= 0.3 is 12.1 Å². The summed E-state index contributed by atoms with van der Waals surface area (Å²) < 4.78 is 33.3. The molecule has 3 aromatic rings. The number of fused-ring (bicyclic) bond motifs is 3. The molecule has 0 radical (unpaired) electrons. The van der Waals surface area contributed by atoms with Gasteiger partial charge in [-0.15, -0.1) is 0 Å². The molecule has 11 nitrogen and oxygen atoms in total. The Morgan fingerprint density at radius 3 is 2.48 bits per heavy atom. The lowest BCUT2D eigenvalue weighted by Crippen LogP contribution is -2.50. The molecule has 0 spiro atoms. The van der Waals surface area contributed by atoms with Gasteiger partial charge in [0.1, 0.15) is 28.3 Å². The number of carboxylic acid groups (broad SMARTS) is 1. The van der Waals surface area contributed by atoms with Gasteiger partial charge < -0.3 is 33.7 Å². The number of hydrogen-bond acceptors (Lipinski definition) is 8. The van der Waals surface area contributed by atoms with Gasteiger partial charge in [0.05, 0.1) is 38.2 Å². The van der Waals surface area contributed by atoms with Crippen LogP contribution in [0.15, 0.2) is 35.3 Å². The van der Waals surface area contributed by atoms with Crippen LogP contribution in [0.2, 0.25) is 0 Å². The van der Waals surface area contributed by atoms with E-state index in [4.69, 9.17) is 14.2 Å². The highest BCUT2D eigenvalue weighted by molar-refractivity contribution is 5.92. The molecule has 2 fully saturated rings. The van der Waals surface area contributed by atoms with Gasteiger partial charge in [0.2, 0.25) is 5.43 Å². The van der Waals surface area contributed by atoms with Crippen molar-refractivity contribution in [2.75, 3.05) is 32.2 Å². The molecule has 2 saturated heterocycles. The third kappa shape index (κ3) is 4.89. The Morgan fingerprint density at radius 1 is 1.12 bits per heavy atom. The molecule has 1 N–H and O–H groups in total. The van der Waals surface area contributed by atoms with Crippen LogP contribution < -0.4 is 19.8 Å². The van der Waals surface area contributed by atoms with Gasteiger partial charge in [0.15, 0.2) is 11.6 Å². The Labute approximate surface area is 229 Å². The number of aromatic carboxylic acids is 1. The summed E-state index contributed by atoms with van der Waals surface area (Å²) in [5.41, 5.74) is -1.14. The predicted molar refractivity (Wildman–Crippen MR) is 144 cm³/mol. The van der Waals surface area contributed by atoms with Crippen LogP contribution in [0.3, 0.4) is 0 Å². The number of carboxylic acids is 1. The van der Waals surface area contributed by atoms with Crippen molar-refractivity contribution in [3.63, 3.8) is 0 Å². The number of rotatable bonds is 6. The lowest BCUT2D eigenvalue weighted by molar-refractivity contribution is 0.0214. The summed E-state index contributed by atoms with van der Waals surface area (Å²) in [4.78, 5) is 45.6. The second kappa shape index (κ2) is 10.00. The summed E-state index contributed by atoms with van der Waals surface area (Å²) in [5.74, 6) is -1.06. The zero-order chi connectivity index (χ0) is 28.9. The molecule has 40 heavy (non-hydrogen) atoms. The van der Waals surface area contributed by atoms with Crippen LogP contribution in [0, 0.1) is 5.82 Å². The van der Waals surface area contributed by atoms with E-state index in [-0.39, 0.29) is 35.5 Å². The molecular formula is C28H31FN4O7. The third-order valence-corrected chi connectivity index (χ3v) is 7.19. The van der Waals surface area contributed by atoms with E-state index in [0.29, 0.717) is 36.6 Å². The predicted octanol–water partition coefficient (Wildman–Crippen LogP) is 3.50. The Balaban J connectivity index is 1.54. The minimum atomic E-state index is -1.43. The number of likely N-dealkylation sites (tertiary alicyclic amines) is 1. The summed E-state index contributed by atoms with van der Waals surface area (Å²) in [6.45, 7) is 6.21. The van der Waals surface area contributed by atoms with E-state index in [1.165, 1.54) is 25.0 Å². The van der Waals surface area contributed by atoms with Crippen molar-refractivity contribution in [1.29, 1.82) is 0 Å². The van der Waals surface area contributed by atoms with Gasteiger partial charge in [0, 0.05) is 30.9 Å². The van der Waals surface area contributed by atoms with Crippen LogP contribution >= 0.6 is 0 Å². The second-order valence-corrected chi connectivity index (χ2v) is 11.0. The number of ether oxygens (including phenoxy) is 3. The van der Waals surface area contributed by atoms with E-state index in [1.807, 2.05) is 0 Å². The van der Waals surface area contributed by atoms with E-state index in [9.17, 15) is 19.5 Å². The molecule has 2 unspecified atom stereocenters. The van der Waals surface area contributed by atoms with Crippen LogP contribution in [0.1, 0.15) is 43.1 Å². The summed E-state index contributed by atoms with van der Waals surface area (Å²) in [5, 5.41) is 9.53. The van der Waals surface area contributed by atoms with Crippen LogP contribution in [0.5, 0.6) is 11.5 Å². The molecular weight excluding hydrogens is 523 g/mol. The Morgan fingerprint density at radius 2 is 1.88 bits per heavy atom. The normalized spacial score (nSPS) is 18.4. The van der Waals surface area contributed by atoms with Crippen molar-refractivity contribution in [3.05, 3.63) is 57.6 Å². The maximum Gasteiger partial charge on any atom is 0.410 e. The van der Waals surface area contributed by atoms with Crippen molar-refractivity contribution in [2.24, 2.45) is 0 Å². The molecule has 1 amide bonds. The highest BCUT2D eigenvalue weighted by Gasteiger charge is 2.47. The Hall–Kier alpha value is -4.35. The number of anilines is 1. The lowest BCUT2D eigenvalue weighted by atomic mass is 10.1. The quantitative estimate of drug-likeness (QED) is 0.488. The van der Waals surface area contributed by atoms with Crippen molar-refractivity contribution < 1.29 is 33.3 Å². The zero-order valence-corrected chi connectivity index (χ0v) is 22.9. The number of carbonyl (C=O) groups is 2. The number of pyridine rings is 2. The third-order valence-electron chi connectivity index (χ3n) is 7.19. The van der Waals surface area contributed by atoms with Gasteiger partial charge in [-0.1, -0.05) is 0 Å². The fourth-order valence-electron chi connectivity index (χ4n) is 5.39. The number of benzene rings is 1. The molecule has 0 saturated carbocycles. The number of amides is 1. The second-order valence-electron chi connectivity index (χ2n) is 11.0. The molecule has 1 aromatic carbocycles. The van der Waals surface area contributed by atoms with Crippen molar-refractivity contribution >= 4 is 28.9 Å². The average molecular weight is 555 g/mol. The van der Waals surface area contributed by atoms with E-state index < -0.39 is 34.5 Å². The molecule has 12 heteroatoms. The summed E-state index contributed by atoms with van der Waals surface area (Å²) in [7, 11) is 3.03. The fourth-order valence-corrected chi connectivity index (χ4v) is 5.39. The lowest BCUT2D eigenvalue weighted by Gasteiger charge is -2.35. The van der Waals surface area contributed by atoms with Crippen molar-refractivity contribution in [1.82, 2.24) is 14.5 Å². The van der Waals surface area contributed by atoms with E-state index in [1.54, 1.807) is 48.8 Å². The summed E-state index contributed by atoms with van der Waals surface area (Å²) in [6, 6.07) is 5.88. The first kappa shape index (κ1) is 27.2. The van der Waals surface area contributed by atoms with Gasteiger partial charge in [0.25, 0.3) is 0 Å². The van der Waals surface area contributed by atoms with Gasteiger partial charge in [-0.2, -0.15) is 0 Å². The van der Waals surface area contributed by atoms with Crippen molar-refractivity contribution in [3.8, 4) is 11.5 Å². The smallest absolute Gasteiger partial charge is 0.410 e.